The van der Waals surface area contributed by atoms with Gasteiger partial charge in [0.05, 0.1) is 17.0 Å². The molecule has 0 atom stereocenters. The molecular formula is C23H27N5O3S. The van der Waals surface area contributed by atoms with Crippen molar-refractivity contribution in [2.45, 2.75) is 30.7 Å². The zero-order chi connectivity index (χ0) is 22.7. The normalized spacial score (nSPS) is 15.2. The standard InChI is InChI=1S/C23H27N5O3S/c1-27(2)32(30,31)18-12-10-17(11-13-18)23(29)26-22-19-8-4-5-9-20(19)24-21(25-22)16-28-14-6-3-7-15-28/h4-5,8-13H,3,6-7,14-16H2,1-2H3,(H,24,25,26,29). The molecule has 0 bridgehead atoms. The van der Waals surface area contributed by atoms with Crippen molar-refractivity contribution in [3.63, 3.8) is 0 Å². The van der Waals surface area contributed by atoms with Gasteiger partial charge in [-0.2, -0.15) is 0 Å². The monoisotopic (exact) mass is 453 g/mol. The Hall–Kier alpha value is -2.88. The smallest absolute Gasteiger partial charge is 0.256 e. The number of piperidine rings is 1. The SMILES string of the molecule is CN(C)S(=O)(=O)c1ccc(C(=O)Nc2nc(CN3CCCCC3)nc3ccccc23)cc1. The summed E-state index contributed by atoms with van der Waals surface area (Å²) in [4.78, 5) is 24.7. The molecule has 0 saturated carbocycles. The van der Waals surface area contributed by atoms with Crippen molar-refractivity contribution in [2.24, 2.45) is 0 Å². The van der Waals surface area contributed by atoms with Crippen LogP contribution in [0.4, 0.5) is 5.82 Å². The Kier molecular flexibility index (Phi) is 6.50. The summed E-state index contributed by atoms with van der Waals surface area (Å²) >= 11 is 0. The van der Waals surface area contributed by atoms with Crippen LogP contribution in [-0.2, 0) is 16.6 Å². The average molecular weight is 454 g/mol. The second-order valence-electron chi connectivity index (χ2n) is 8.11. The molecule has 1 aromatic heterocycles. The third-order valence-corrected chi connectivity index (χ3v) is 7.42. The second kappa shape index (κ2) is 9.32. The number of carbonyl (C=O) groups excluding carboxylic acids is 1. The van der Waals surface area contributed by atoms with Gasteiger partial charge < -0.3 is 5.32 Å². The Morgan fingerprint density at radius 2 is 1.69 bits per heavy atom. The second-order valence-corrected chi connectivity index (χ2v) is 10.3. The van der Waals surface area contributed by atoms with Gasteiger partial charge in [0, 0.05) is 25.0 Å². The minimum atomic E-state index is -3.55. The van der Waals surface area contributed by atoms with Gasteiger partial charge in [0.2, 0.25) is 10.0 Å². The average Bonchev–Trinajstić information content (AvgIpc) is 2.79. The molecule has 1 aliphatic rings. The lowest BCUT2D eigenvalue weighted by molar-refractivity contribution is 0.102. The maximum Gasteiger partial charge on any atom is 0.256 e. The predicted octanol–water partition coefficient (Wildman–Crippen LogP) is 3.12. The van der Waals surface area contributed by atoms with Crippen LogP contribution in [0.5, 0.6) is 0 Å². The first kappa shape index (κ1) is 22.3. The van der Waals surface area contributed by atoms with Crippen LogP contribution >= 0.6 is 0 Å². The van der Waals surface area contributed by atoms with E-state index in [9.17, 15) is 13.2 Å². The number of fused-ring (bicyclic) bond motifs is 1. The third kappa shape index (κ3) is 4.79. The molecule has 2 heterocycles. The largest absolute Gasteiger partial charge is 0.306 e. The Labute approximate surface area is 188 Å². The van der Waals surface area contributed by atoms with E-state index in [0.29, 0.717) is 23.8 Å². The molecule has 0 aliphatic carbocycles. The lowest BCUT2D eigenvalue weighted by atomic mass is 10.1. The van der Waals surface area contributed by atoms with Crippen LogP contribution in [0.2, 0.25) is 0 Å². The minimum Gasteiger partial charge on any atom is -0.306 e. The maximum atomic E-state index is 12.9. The number of nitrogens with one attached hydrogen (secondary N) is 1. The van der Waals surface area contributed by atoms with Crippen LogP contribution in [-0.4, -0.2) is 60.7 Å². The van der Waals surface area contributed by atoms with Gasteiger partial charge >= 0.3 is 0 Å². The summed E-state index contributed by atoms with van der Waals surface area (Å²) in [6, 6.07) is 13.5. The number of hydrogen-bond donors (Lipinski definition) is 1. The van der Waals surface area contributed by atoms with E-state index in [0.717, 1.165) is 28.3 Å². The number of aromatic nitrogens is 2. The molecular weight excluding hydrogens is 426 g/mol. The fraction of sp³-hybridized carbons (Fsp3) is 0.348. The van der Waals surface area contributed by atoms with Gasteiger partial charge in [-0.1, -0.05) is 18.6 Å². The lowest BCUT2D eigenvalue weighted by Crippen LogP contribution is -2.30. The highest BCUT2D eigenvalue weighted by Gasteiger charge is 2.19. The van der Waals surface area contributed by atoms with Gasteiger partial charge in [-0.05, 0) is 62.3 Å². The number of anilines is 1. The molecule has 1 amide bonds. The molecule has 3 aromatic rings. The molecule has 0 radical (unpaired) electrons. The summed E-state index contributed by atoms with van der Waals surface area (Å²) in [6.45, 7) is 2.70. The Balaban J connectivity index is 1.59. The molecule has 1 aliphatic heterocycles. The minimum absolute atomic E-state index is 0.135. The number of hydrogen-bond acceptors (Lipinski definition) is 6. The first-order chi connectivity index (χ1) is 15.3. The van der Waals surface area contributed by atoms with E-state index in [-0.39, 0.29) is 10.8 Å². The van der Waals surface area contributed by atoms with Gasteiger partial charge in [-0.15, -0.1) is 0 Å². The van der Waals surface area contributed by atoms with Crippen molar-refractivity contribution in [3.8, 4) is 0 Å². The van der Waals surface area contributed by atoms with Crippen molar-refractivity contribution in [2.75, 3.05) is 32.5 Å². The number of benzene rings is 2. The van der Waals surface area contributed by atoms with E-state index in [1.807, 2.05) is 24.3 Å². The summed E-state index contributed by atoms with van der Waals surface area (Å²) in [6.07, 6.45) is 3.61. The molecule has 8 nitrogen and oxygen atoms in total. The van der Waals surface area contributed by atoms with Gasteiger partial charge in [-0.3, -0.25) is 9.69 Å². The molecule has 1 N–H and O–H groups in total. The van der Waals surface area contributed by atoms with Crippen LogP contribution < -0.4 is 5.32 Å². The van der Waals surface area contributed by atoms with Gasteiger partial charge in [0.15, 0.2) is 0 Å². The molecule has 1 fully saturated rings. The van der Waals surface area contributed by atoms with E-state index >= 15 is 0 Å². The van der Waals surface area contributed by atoms with E-state index in [2.05, 4.69) is 20.2 Å². The summed E-state index contributed by atoms with van der Waals surface area (Å²) in [5.41, 5.74) is 1.13. The Morgan fingerprint density at radius 3 is 2.38 bits per heavy atom. The number of sulfonamides is 1. The molecule has 9 heteroatoms. The van der Waals surface area contributed by atoms with Crippen molar-refractivity contribution in [3.05, 3.63) is 59.9 Å². The number of likely N-dealkylation sites (tertiary alicyclic amines) is 1. The first-order valence-electron chi connectivity index (χ1n) is 10.7. The highest BCUT2D eigenvalue weighted by molar-refractivity contribution is 7.89. The first-order valence-corrected chi connectivity index (χ1v) is 12.1. The Morgan fingerprint density at radius 1 is 1.00 bits per heavy atom. The van der Waals surface area contributed by atoms with Crippen molar-refractivity contribution in [1.29, 1.82) is 0 Å². The zero-order valence-electron chi connectivity index (χ0n) is 18.3. The maximum absolute atomic E-state index is 12.9. The predicted molar refractivity (Wildman–Crippen MR) is 124 cm³/mol. The molecule has 1 saturated heterocycles. The lowest BCUT2D eigenvalue weighted by Gasteiger charge is -2.25. The molecule has 168 valence electrons. The number of nitrogens with zero attached hydrogens (tertiary/aromatic N) is 4. The molecule has 4 rings (SSSR count). The number of amides is 1. The van der Waals surface area contributed by atoms with E-state index in [1.165, 1.54) is 57.6 Å². The molecule has 0 unspecified atom stereocenters. The summed E-state index contributed by atoms with van der Waals surface area (Å²) < 4.78 is 25.6. The quantitative estimate of drug-likeness (QED) is 0.616. The number of para-hydroxylation sites is 1. The summed E-state index contributed by atoms with van der Waals surface area (Å²) in [7, 11) is -0.611. The molecule has 32 heavy (non-hydrogen) atoms. The van der Waals surface area contributed by atoms with E-state index < -0.39 is 10.0 Å². The van der Waals surface area contributed by atoms with Crippen LogP contribution in [0.1, 0.15) is 35.4 Å². The Bertz CT molecular complexity index is 1220. The molecule has 2 aromatic carbocycles. The van der Waals surface area contributed by atoms with Gasteiger partial charge in [-0.25, -0.2) is 22.7 Å². The summed E-state index contributed by atoms with van der Waals surface area (Å²) in [5, 5.41) is 3.65. The van der Waals surface area contributed by atoms with Gasteiger partial charge in [0.1, 0.15) is 11.6 Å². The fourth-order valence-corrected chi connectivity index (χ4v) is 4.68. The van der Waals surface area contributed by atoms with E-state index in [1.54, 1.807) is 0 Å². The van der Waals surface area contributed by atoms with E-state index in [4.69, 9.17) is 0 Å². The topological polar surface area (TPSA) is 95.5 Å². The third-order valence-electron chi connectivity index (χ3n) is 5.59. The van der Waals surface area contributed by atoms with Crippen LogP contribution in [0.25, 0.3) is 10.9 Å². The van der Waals surface area contributed by atoms with Crippen LogP contribution in [0.3, 0.4) is 0 Å². The zero-order valence-corrected chi connectivity index (χ0v) is 19.1. The fourth-order valence-electron chi connectivity index (χ4n) is 3.78. The van der Waals surface area contributed by atoms with Crippen molar-refractivity contribution < 1.29 is 13.2 Å². The number of rotatable bonds is 6. The van der Waals surface area contributed by atoms with Crippen LogP contribution in [0, 0.1) is 0 Å². The van der Waals surface area contributed by atoms with Crippen molar-refractivity contribution >= 4 is 32.7 Å². The molecule has 0 spiro atoms. The highest BCUT2D eigenvalue weighted by Crippen LogP contribution is 2.22. The summed E-state index contributed by atoms with van der Waals surface area (Å²) in [5.74, 6) is 0.775. The number of carbonyl (C=O) groups is 1. The van der Waals surface area contributed by atoms with Crippen molar-refractivity contribution in [1.82, 2.24) is 19.2 Å². The highest BCUT2D eigenvalue weighted by atomic mass is 32.2. The van der Waals surface area contributed by atoms with Crippen LogP contribution in [0.15, 0.2) is 53.4 Å². The van der Waals surface area contributed by atoms with Gasteiger partial charge in [0.25, 0.3) is 5.91 Å².